The van der Waals surface area contributed by atoms with Crippen molar-refractivity contribution in [2.75, 3.05) is 21.3 Å². The summed E-state index contributed by atoms with van der Waals surface area (Å²) in [5, 5.41) is 3.02. The minimum atomic E-state index is -0.218. The first-order valence-corrected chi connectivity index (χ1v) is 9.18. The molecule has 0 aliphatic carbocycles. The zero-order valence-corrected chi connectivity index (χ0v) is 17.6. The highest BCUT2D eigenvalue weighted by molar-refractivity contribution is 5.95. The maximum absolute atomic E-state index is 12.8. The summed E-state index contributed by atoms with van der Waals surface area (Å²) in [5.41, 5.74) is 2.46. The zero-order chi connectivity index (χ0) is 20.8. The van der Waals surface area contributed by atoms with E-state index >= 15 is 0 Å². The van der Waals surface area contributed by atoms with Crippen molar-refractivity contribution in [2.45, 2.75) is 39.8 Å². The smallest absolute Gasteiger partial charge is 0.251 e. The molecule has 0 bridgehead atoms. The van der Waals surface area contributed by atoms with Crippen LogP contribution in [0.2, 0.25) is 0 Å². The second-order valence-corrected chi connectivity index (χ2v) is 6.79. The Bertz CT molecular complexity index is 832. The predicted molar refractivity (Wildman–Crippen MR) is 109 cm³/mol. The molecule has 0 spiro atoms. The summed E-state index contributed by atoms with van der Waals surface area (Å²) < 4.78 is 21.8. The van der Waals surface area contributed by atoms with Crippen LogP contribution in [0.15, 0.2) is 30.3 Å². The molecule has 1 amide bonds. The number of benzene rings is 2. The minimum absolute atomic E-state index is 0.0154. The van der Waals surface area contributed by atoms with E-state index in [4.69, 9.17) is 18.9 Å². The van der Waals surface area contributed by atoms with E-state index in [1.165, 1.54) is 0 Å². The van der Waals surface area contributed by atoms with E-state index in [1.807, 2.05) is 39.8 Å². The maximum Gasteiger partial charge on any atom is 0.251 e. The molecule has 152 valence electrons. The first kappa shape index (κ1) is 21.4. The van der Waals surface area contributed by atoms with Gasteiger partial charge in [0.15, 0.2) is 23.0 Å². The van der Waals surface area contributed by atoms with E-state index in [9.17, 15) is 4.79 Å². The zero-order valence-electron chi connectivity index (χ0n) is 17.6. The maximum atomic E-state index is 12.8. The van der Waals surface area contributed by atoms with Gasteiger partial charge >= 0.3 is 0 Å². The fourth-order valence-corrected chi connectivity index (χ4v) is 2.98. The lowest BCUT2D eigenvalue weighted by molar-refractivity contribution is 0.0939. The topological polar surface area (TPSA) is 66.0 Å². The molecule has 0 aromatic heterocycles. The molecule has 0 heterocycles. The summed E-state index contributed by atoms with van der Waals surface area (Å²) in [6.07, 6.45) is 0.0154. The predicted octanol–water partition coefficient (Wildman–Crippen LogP) is 4.30. The van der Waals surface area contributed by atoms with E-state index < -0.39 is 0 Å². The Morgan fingerprint density at radius 3 is 2.00 bits per heavy atom. The molecule has 6 nitrogen and oxygen atoms in total. The van der Waals surface area contributed by atoms with Crippen LogP contribution in [0.25, 0.3) is 0 Å². The number of carbonyl (C=O) groups is 1. The number of nitrogens with one attached hydrogen (secondary N) is 1. The third-order valence-corrected chi connectivity index (χ3v) is 4.37. The highest BCUT2D eigenvalue weighted by atomic mass is 16.5. The van der Waals surface area contributed by atoms with E-state index in [2.05, 4.69) is 5.32 Å². The molecular formula is C22H29NO5. The summed E-state index contributed by atoms with van der Waals surface area (Å²) in [7, 11) is 4.75. The molecule has 2 aromatic carbocycles. The number of hydrogen-bond acceptors (Lipinski definition) is 5. The van der Waals surface area contributed by atoms with Gasteiger partial charge < -0.3 is 24.3 Å². The van der Waals surface area contributed by atoms with Gasteiger partial charge in [0.25, 0.3) is 5.91 Å². The summed E-state index contributed by atoms with van der Waals surface area (Å²) in [6.45, 7) is 7.78. The Kier molecular flexibility index (Phi) is 7.15. The Morgan fingerprint density at radius 2 is 1.43 bits per heavy atom. The number of aryl methyl sites for hydroxylation is 1. The van der Waals surface area contributed by atoms with Crippen LogP contribution < -0.4 is 24.3 Å². The fourth-order valence-electron chi connectivity index (χ4n) is 2.98. The highest BCUT2D eigenvalue weighted by Crippen LogP contribution is 2.33. The van der Waals surface area contributed by atoms with Crippen LogP contribution in [-0.4, -0.2) is 33.3 Å². The van der Waals surface area contributed by atoms with E-state index in [0.29, 0.717) is 28.6 Å². The molecule has 0 fully saturated rings. The molecule has 0 saturated heterocycles. The van der Waals surface area contributed by atoms with Crippen molar-refractivity contribution in [1.29, 1.82) is 0 Å². The van der Waals surface area contributed by atoms with Gasteiger partial charge in [-0.05, 0) is 69.2 Å². The summed E-state index contributed by atoms with van der Waals surface area (Å²) in [4.78, 5) is 12.8. The van der Waals surface area contributed by atoms with Crippen molar-refractivity contribution in [1.82, 2.24) is 5.32 Å². The third-order valence-electron chi connectivity index (χ3n) is 4.37. The molecule has 2 rings (SSSR count). The molecule has 1 unspecified atom stereocenters. The van der Waals surface area contributed by atoms with Gasteiger partial charge in [-0.2, -0.15) is 0 Å². The number of hydrogen-bond donors (Lipinski definition) is 1. The van der Waals surface area contributed by atoms with Crippen LogP contribution in [0.3, 0.4) is 0 Å². The molecule has 2 aromatic rings. The van der Waals surface area contributed by atoms with Gasteiger partial charge in [-0.15, -0.1) is 0 Å². The number of rotatable bonds is 8. The molecule has 1 N–H and O–H groups in total. The average molecular weight is 387 g/mol. The van der Waals surface area contributed by atoms with E-state index in [-0.39, 0.29) is 18.1 Å². The SMILES string of the molecule is COc1cc(C)c(C(C)NC(=O)c2ccc(OC(C)C)c(OC)c2)cc1OC. The van der Waals surface area contributed by atoms with Crippen molar-refractivity contribution in [3.05, 3.63) is 47.0 Å². The Morgan fingerprint density at radius 1 is 0.857 bits per heavy atom. The molecule has 0 aliphatic heterocycles. The lowest BCUT2D eigenvalue weighted by Crippen LogP contribution is -2.27. The Labute approximate surface area is 166 Å². The summed E-state index contributed by atoms with van der Waals surface area (Å²) in [6, 6.07) is 8.73. The van der Waals surface area contributed by atoms with Crippen LogP contribution >= 0.6 is 0 Å². The van der Waals surface area contributed by atoms with Gasteiger partial charge in [0.05, 0.1) is 33.5 Å². The van der Waals surface area contributed by atoms with Crippen molar-refractivity contribution in [3.8, 4) is 23.0 Å². The Balaban J connectivity index is 2.23. The highest BCUT2D eigenvalue weighted by Gasteiger charge is 2.18. The first-order valence-electron chi connectivity index (χ1n) is 9.18. The van der Waals surface area contributed by atoms with Gasteiger partial charge in [0.2, 0.25) is 0 Å². The quantitative estimate of drug-likeness (QED) is 0.732. The summed E-state index contributed by atoms with van der Waals surface area (Å²) >= 11 is 0. The fraction of sp³-hybridized carbons (Fsp3) is 0.409. The van der Waals surface area contributed by atoms with Gasteiger partial charge in [-0.1, -0.05) is 0 Å². The monoisotopic (exact) mass is 387 g/mol. The number of amides is 1. The van der Waals surface area contributed by atoms with Gasteiger partial charge in [-0.3, -0.25) is 4.79 Å². The van der Waals surface area contributed by atoms with E-state index in [0.717, 1.165) is 11.1 Å². The molecule has 0 saturated carbocycles. The van der Waals surface area contributed by atoms with Crippen LogP contribution in [0, 0.1) is 6.92 Å². The normalized spacial score (nSPS) is 11.7. The largest absolute Gasteiger partial charge is 0.493 e. The lowest BCUT2D eigenvalue weighted by atomic mass is 10.0. The molecule has 6 heteroatoms. The van der Waals surface area contributed by atoms with Crippen LogP contribution in [0.4, 0.5) is 0 Å². The van der Waals surface area contributed by atoms with Crippen molar-refractivity contribution >= 4 is 5.91 Å². The standard InChI is InChI=1S/C22H29NO5/c1-13(2)28-18-9-8-16(11-20(18)26-6)22(24)23-15(4)17-12-21(27-7)19(25-5)10-14(17)3/h8-13,15H,1-7H3,(H,23,24). The minimum Gasteiger partial charge on any atom is -0.493 e. The van der Waals surface area contributed by atoms with Crippen LogP contribution in [0.5, 0.6) is 23.0 Å². The second-order valence-electron chi connectivity index (χ2n) is 6.79. The van der Waals surface area contributed by atoms with Crippen molar-refractivity contribution < 1.29 is 23.7 Å². The average Bonchev–Trinajstić information content (AvgIpc) is 2.67. The van der Waals surface area contributed by atoms with E-state index in [1.54, 1.807) is 39.5 Å². The first-order chi connectivity index (χ1) is 13.3. The number of carbonyl (C=O) groups excluding carboxylic acids is 1. The summed E-state index contributed by atoms with van der Waals surface area (Å²) in [5.74, 6) is 2.22. The van der Waals surface area contributed by atoms with Gasteiger partial charge in [0, 0.05) is 5.56 Å². The van der Waals surface area contributed by atoms with Gasteiger partial charge in [-0.25, -0.2) is 0 Å². The molecule has 0 aliphatic rings. The lowest BCUT2D eigenvalue weighted by Gasteiger charge is -2.20. The number of methoxy groups -OCH3 is 3. The van der Waals surface area contributed by atoms with Gasteiger partial charge in [0.1, 0.15) is 0 Å². The Hall–Kier alpha value is -2.89. The van der Waals surface area contributed by atoms with Crippen LogP contribution in [-0.2, 0) is 0 Å². The van der Waals surface area contributed by atoms with Crippen molar-refractivity contribution in [3.63, 3.8) is 0 Å². The molecule has 0 radical (unpaired) electrons. The molecular weight excluding hydrogens is 358 g/mol. The van der Waals surface area contributed by atoms with Crippen molar-refractivity contribution in [2.24, 2.45) is 0 Å². The second kappa shape index (κ2) is 9.35. The molecule has 28 heavy (non-hydrogen) atoms. The molecule has 1 atom stereocenters. The third kappa shape index (κ3) is 4.88. The van der Waals surface area contributed by atoms with Crippen LogP contribution in [0.1, 0.15) is 48.3 Å². The number of ether oxygens (including phenoxy) is 4.